The standard InChI is InChI=1S/C20H18N2O3S/c1-14-11-12-26-18(14)20(24)22-21-19(23)16-9-7-15(8-10-16)13-25-17-5-3-2-4-6-17/h2-12H,13H2,1H3,(H,21,23)(H,22,24). The van der Waals surface area contributed by atoms with E-state index in [1.165, 1.54) is 11.3 Å². The van der Waals surface area contributed by atoms with Gasteiger partial charge in [0.2, 0.25) is 0 Å². The summed E-state index contributed by atoms with van der Waals surface area (Å²) in [5.41, 5.74) is 7.14. The second-order valence-corrected chi connectivity index (χ2v) is 6.56. The van der Waals surface area contributed by atoms with E-state index in [4.69, 9.17) is 4.74 Å². The number of benzene rings is 2. The second kappa shape index (κ2) is 8.31. The molecular formula is C20H18N2O3S. The lowest BCUT2D eigenvalue weighted by molar-refractivity contribution is 0.0848. The maximum atomic E-state index is 12.1. The van der Waals surface area contributed by atoms with E-state index in [0.29, 0.717) is 17.0 Å². The molecule has 5 nitrogen and oxygen atoms in total. The highest BCUT2D eigenvalue weighted by Gasteiger charge is 2.12. The van der Waals surface area contributed by atoms with Gasteiger partial charge in [0.05, 0.1) is 4.88 Å². The van der Waals surface area contributed by atoms with Crippen LogP contribution in [0.5, 0.6) is 5.75 Å². The molecular weight excluding hydrogens is 348 g/mol. The lowest BCUT2D eigenvalue weighted by atomic mass is 10.1. The van der Waals surface area contributed by atoms with Gasteiger partial charge in [-0.3, -0.25) is 20.4 Å². The Hall–Kier alpha value is -3.12. The molecule has 132 valence electrons. The van der Waals surface area contributed by atoms with E-state index < -0.39 is 0 Å². The minimum atomic E-state index is -0.372. The van der Waals surface area contributed by atoms with Crippen LogP contribution in [-0.2, 0) is 6.61 Å². The smallest absolute Gasteiger partial charge is 0.280 e. The quantitative estimate of drug-likeness (QED) is 0.677. The Morgan fingerprint density at radius 3 is 2.27 bits per heavy atom. The third-order valence-electron chi connectivity index (χ3n) is 3.72. The fourth-order valence-corrected chi connectivity index (χ4v) is 3.10. The van der Waals surface area contributed by atoms with Crippen LogP contribution in [0, 0.1) is 6.92 Å². The van der Waals surface area contributed by atoms with Crippen molar-refractivity contribution in [3.8, 4) is 5.75 Å². The Kier molecular flexibility index (Phi) is 5.66. The first-order chi connectivity index (χ1) is 12.6. The first-order valence-corrected chi connectivity index (χ1v) is 8.93. The normalized spacial score (nSPS) is 10.2. The van der Waals surface area contributed by atoms with Crippen molar-refractivity contribution in [3.05, 3.63) is 87.6 Å². The number of aryl methyl sites for hydroxylation is 1. The molecule has 26 heavy (non-hydrogen) atoms. The predicted molar refractivity (Wildman–Crippen MR) is 101 cm³/mol. The van der Waals surface area contributed by atoms with Crippen molar-refractivity contribution < 1.29 is 14.3 Å². The number of hydrogen-bond acceptors (Lipinski definition) is 4. The molecule has 0 saturated carbocycles. The maximum absolute atomic E-state index is 12.1. The number of para-hydroxylation sites is 1. The summed E-state index contributed by atoms with van der Waals surface area (Å²) in [6, 6.07) is 18.4. The van der Waals surface area contributed by atoms with Crippen molar-refractivity contribution in [1.82, 2.24) is 10.9 Å². The molecule has 0 radical (unpaired) electrons. The van der Waals surface area contributed by atoms with Crippen LogP contribution >= 0.6 is 11.3 Å². The fourth-order valence-electron chi connectivity index (χ4n) is 2.28. The molecule has 0 saturated heterocycles. The Morgan fingerprint density at radius 2 is 1.62 bits per heavy atom. The maximum Gasteiger partial charge on any atom is 0.280 e. The number of nitrogens with one attached hydrogen (secondary N) is 2. The first kappa shape index (κ1) is 17.7. The number of thiophene rings is 1. The number of carbonyl (C=O) groups is 2. The summed E-state index contributed by atoms with van der Waals surface area (Å²) in [6.07, 6.45) is 0. The van der Waals surface area contributed by atoms with Gasteiger partial charge in [0.15, 0.2) is 0 Å². The van der Waals surface area contributed by atoms with Crippen molar-refractivity contribution in [1.29, 1.82) is 0 Å². The molecule has 0 aliphatic carbocycles. The van der Waals surface area contributed by atoms with E-state index in [1.807, 2.05) is 60.8 Å². The highest BCUT2D eigenvalue weighted by Crippen LogP contribution is 2.15. The zero-order chi connectivity index (χ0) is 18.4. The van der Waals surface area contributed by atoms with Gasteiger partial charge in [0, 0.05) is 5.56 Å². The molecule has 6 heteroatoms. The van der Waals surface area contributed by atoms with Crippen molar-refractivity contribution in [3.63, 3.8) is 0 Å². The number of ether oxygens (including phenoxy) is 1. The first-order valence-electron chi connectivity index (χ1n) is 8.05. The van der Waals surface area contributed by atoms with E-state index in [1.54, 1.807) is 12.1 Å². The number of hydrazine groups is 1. The molecule has 0 spiro atoms. The zero-order valence-corrected chi connectivity index (χ0v) is 15.0. The number of hydrogen-bond donors (Lipinski definition) is 2. The Bertz CT molecular complexity index is 889. The third-order valence-corrected chi connectivity index (χ3v) is 4.74. The summed E-state index contributed by atoms with van der Waals surface area (Å²) in [4.78, 5) is 24.7. The largest absolute Gasteiger partial charge is 0.489 e. The van der Waals surface area contributed by atoms with Gasteiger partial charge in [0.1, 0.15) is 12.4 Å². The summed E-state index contributed by atoms with van der Waals surface area (Å²) in [7, 11) is 0. The van der Waals surface area contributed by atoms with Gasteiger partial charge in [-0.15, -0.1) is 11.3 Å². The van der Waals surface area contributed by atoms with Gasteiger partial charge < -0.3 is 4.74 Å². The van der Waals surface area contributed by atoms with Crippen molar-refractivity contribution in [2.75, 3.05) is 0 Å². The van der Waals surface area contributed by atoms with Crippen LogP contribution in [-0.4, -0.2) is 11.8 Å². The lowest BCUT2D eigenvalue weighted by Gasteiger charge is -2.09. The van der Waals surface area contributed by atoms with E-state index >= 15 is 0 Å². The van der Waals surface area contributed by atoms with Crippen LogP contribution in [0.1, 0.15) is 31.2 Å². The van der Waals surface area contributed by atoms with Gasteiger partial charge >= 0.3 is 0 Å². The van der Waals surface area contributed by atoms with Crippen molar-refractivity contribution in [2.45, 2.75) is 13.5 Å². The molecule has 2 amide bonds. The van der Waals surface area contributed by atoms with Gasteiger partial charge in [-0.1, -0.05) is 30.3 Å². The summed E-state index contributed by atoms with van der Waals surface area (Å²) < 4.78 is 5.67. The van der Waals surface area contributed by atoms with Crippen LogP contribution < -0.4 is 15.6 Å². The van der Waals surface area contributed by atoms with Crippen LogP contribution in [0.2, 0.25) is 0 Å². The summed E-state index contributed by atoms with van der Waals surface area (Å²) in [5.74, 6) is 0.0997. The van der Waals surface area contributed by atoms with Gasteiger partial charge in [0.25, 0.3) is 11.8 Å². The Labute approximate surface area is 155 Å². The molecule has 0 unspecified atom stereocenters. The second-order valence-electron chi connectivity index (χ2n) is 5.64. The summed E-state index contributed by atoms with van der Waals surface area (Å²) in [5, 5.41) is 1.84. The van der Waals surface area contributed by atoms with Crippen LogP contribution in [0.15, 0.2) is 66.0 Å². The molecule has 0 atom stereocenters. The molecule has 0 aliphatic rings. The molecule has 0 bridgehead atoms. The SMILES string of the molecule is Cc1ccsc1C(=O)NNC(=O)c1ccc(COc2ccccc2)cc1. The van der Waals surface area contributed by atoms with Crippen molar-refractivity contribution >= 4 is 23.2 Å². The summed E-state index contributed by atoms with van der Waals surface area (Å²) >= 11 is 1.33. The van der Waals surface area contributed by atoms with E-state index in [-0.39, 0.29) is 11.8 Å². The topological polar surface area (TPSA) is 67.4 Å². The number of rotatable bonds is 5. The molecule has 0 aliphatic heterocycles. The Balaban J connectivity index is 1.52. The minimum absolute atomic E-state index is 0.321. The molecule has 2 aromatic carbocycles. The number of amides is 2. The van der Waals surface area contributed by atoms with Crippen LogP contribution in [0.4, 0.5) is 0 Å². The average Bonchev–Trinajstić information content (AvgIpc) is 3.11. The van der Waals surface area contributed by atoms with Crippen LogP contribution in [0.3, 0.4) is 0 Å². The molecule has 0 fully saturated rings. The molecule has 3 rings (SSSR count). The Morgan fingerprint density at radius 1 is 0.923 bits per heavy atom. The average molecular weight is 366 g/mol. The number of carbonyl (C=O) groups excluding carboxylic acids is 2. The zero-order valence-electron chi connectivity index (χ0n) is 14.2. The summed E-state index contributed by atoms with van der Waals surface area (Å²) in [6.45, 7) is 2.27. The van der Waals surface area contributed by atoms with Crippen molar-refractivity contribution in [2.24, 2.45) is 0 Å². The highest BCUT2D eigenvalue weighted by atomic mass is 32.1. The van der Waals surface area contributed by atoms with E-state index in [9.17, 15) is 9.59 Å². The minimum Gasteiger partial charge on any atom is -0.489 e. The highest BCUT2D eigenvalue weighted by molar-refractivity contribution is 7.12. The van der Waals surface area contributed by atoms with Gasteiger partial charge in [-0.2, -0.15) is 0 Å². The predicted octanol–water partition coefficient (Wildman–Crippen LogP) is 3.71. The lowest BCUT2D eigenvalue weighted by Crippen LogP contribution is -2.41. The molecule has 1 aromatic heterocycles. The molecule has 2 N–H and O–H groups in total. The van der Waals surface area contributed by atoms with Gasteiger partial charge in [-0.25, -0.2) is 0 Å². The molecule has 1 heterocycles. The van der Waals surface area contributed by atoms with Crippen LogP contribution in [0.25, 0.3) is 0 Å². The monoisotopic (exact) mass is 366 g/mol. The molecule has 3 aromatic rings. The van der Waals surface area contributed by atoms with Gasteiger partial charge in [-0.05, 0) is 53.8 Å². The van der Waals surface area contributed by atoms with E-state index in [0.717, 1.165) is 16.9 Å². The van der Waals surface area contributed by atoms with E-state index in [2.05, 4.69) is 10.9 Å². The third kappa shape index (κ3) is 4.49. The fraction of sp³-hybridized carbons (Fsp3) is 0.100.